The van der Waals surface area contributed by atoms with E-state index in [0.717, 1.165) is 25.7 Å². The lowest BCUT2D eigenvalue weighted by Crippen LogP contribution is -2.33. The summed E-state index contributed by atoms with van der Waals surface area (Å²) >= 11 is 0. The van der Waals surface area contributed by atoms with Crippen molar-refractivity contribution in [2.45, 2.75) is 44.8 Å². The van der Waals surface area contributed by atoms with Crippen molar-refractivity contribution < 1.29 is 13.2 Å². The van der Waals surface area contributed by atoms with Gasteiger partial charge in [-0.2, -0.15) is 0 Å². The van der Waals surface area contributed by atoms with Gasteiger partial charge in [0.25, 0.3) is 0 Å². The van der Waals surface area contributed by atoms with Crippen LogP contribution in [0.3, 0.4) is 0 Å². The van der Waals surface area contributed by atoms with Crippen LogP contribution in [0.5, 0.6) is 0 Å². The summed E-state index contributed by atoms with van der Waals surface area (Å²) < 4.78 is 28.1. The summed E-state index contributed by atoms with van der Waals surface area (Å²) in [7, 11) is -0.887. The van der Waals surface area contributed by atoms with Crippen molar-refractivity contribution in [3.05, 3.63) is 0 Å². The van der Waals surface area contributed by atoms with E-state index in [-0.39, 0.29) is 17.6 Å². The molecule has 0 radical (unpaired) electrons. The molecule has 1 aliphatic carbocycles. The Labute approximate surface area is 98.7 Å². The average molecular weight is 249 g/mol. The first-order chi connectivity index (χ1) is 7.57. The highest BCUT2D eigenvalue weighted by Crippen LogP contribution is 2.20. The molecule has 1 saturated carbocycles. The van der Waals surface area contributed by atoms with Crippen molar-refractivity contribution >= 4 is 9.84 Å². The van der Waals surface area contributed by atoms with Crippen molar-refractivity contribution in [3.8, 4) is 0 Å². The van der Waals surface area contributed by atoms with Crippen LogP contribution in [0.15, 0.2) is 0 Å². The molecule has 16 heavy (non-hydrogen) atoms. The minimum absolute atomic E-state index is 0.162. The molecule has 1 fully saturated rings. The van der Waals surface area contributed by atoms with Gasteiger partial charge in [-0.05, 0) is 32.7 Å². The molecule has 0 bridgehead atoms. The molecule has 0 amide bonds. The predicted molar refractivity (Wildman–Crippen MR) is 65.4 cm³/mol. The maximum Gasteiger partial charge on any atom is 0.152 e. The fourth-order valence-electron chi connectivity index (χ4n) is 2.00. The van der Waals surface area contributed by atoms with Gasteiger partial charge in [-0.1, -0.05) is 6.92 Å². The Morgan fingerprint density at radius 3 is 2.38 bits per heavy atom. The van der Waals surface area contributed by atoms with Crippen LogP contribution < -0.4 is 5.32 Å². The molecule has 0 spiro atoms. The van der Waals surface area contributed by atoms with Crippen LogP contribution in [0, 0.1) is 0 Å². The van der Waals surface area contributed by atoms with E-state index in [2.05, 4.69) is 5.32 Å². The average Bonchev–Trinajstić information content (AvgIpc) is 2.30. The molecular weight excluding hydrogens is 226 g/mol. The van der Waals surface area contributed by atoms with E-state index < -0.39 is 9.84 Å². The van der Waals surface area contributed by atoms with E-state index in [1.165, 1.54) is 0 Å². The van der Waals surface area contributed by atoms with E-state index in [1.54, 1.807) is 6.92 Å². The van der Waals surface area contributed by atoms with Gasteiger partial charge in [-0.25, -0.2) is 8.42 Å². The first-order valence-corrected chi connectivity index (χ1v) is 7.89. The summed E-state index contributed by atoms with van der Waals surface area (Å²) in [6.07, 6.45) is 4.59. The molecule has 0 aromatic heterocycles. The number of sulfone groups is 1. The molecule has 0 aromatic carbocycles. The summed E-state index contributed by atoms with van der Waals surface area (Å²) in [6, 6.07) is 0.610. The molecular formula is C11H23NO3S. The Morgan fingerprint density at radius 2 is 1.88 bits per heavy atom. The molecule has 1 aliphatic rings. The fourth-order valence-corrected chi connectivity index (χ4v) is 2.64. The van der Waals surface area contributed by atoms with Gasteiger partial charge in [0, 0.05) is 11.8 Å². The second-order valence-corrected chi connectivity index (χ2v) is 6.84. The largest absolute Gasteiger partial charge is 0.377 e. The zero-order chi connectivity index (χ0) is 12.0. The summed E-state index contributed by atoms with van der Waals surface area (Å²) in [5.41, 5.74) is 0. The maximum atomic E-state index is 11.2. The third-order valence-corrected chi connectivity index (χ3v) is 4.94. The predicted octanol–water partition coefficient (Wildman–Crippen LogP) is 0.968. The van der Waals surface area contributed by atoms with Crippen LogP contribution in [-0.4, -0.2) is 45.7 Å². The van der Waals surface area contributed by atoms with Gasteiger partial charge in [0.05, 0.1) is 18.5 Å². The van der Waals surface area contributed by atoms with Crippen LogP contribution in [-0.2, 0) is 14.6 Å². The third-order valence-electron chi connectivity index (χ3n) is 3.27. The van der Waals surface area contributed by atoms with Gasteiger partial charge in [0.2, 0.25) is 0 Å². The highest BCUT2D eigenvalue weighted by atomic mass is 32.2. The SMILES string of the molecule is CCS(=O)(=O)CCOC1CCC(NC)CC1. The van der Waals surface area contributed by atoms with Crippen molar-refractivity contribution in [2.75, 3.05) is 25.2 Å². The monoisotopic (exact) mass is 249 g/mol. The normalized spacial score (nSPS) is 26.9. The van der Waals surface area contributed by atoms with Crippen molar-refractivity contribution in [1.82, 2.24) is 5.32 Å². The Balaban J connectivity index is 2.16. The second-order valence-electron chi connectivity index (χ2n) is 4.37. The van der Waals surface area contributed by atoms with Crippen LogP contribution in [0.1, 0.15) is 32.6 Å². The molecule has 0 atom stereocenters. The van der Waals surface area contributed by atoms with Gasteiger partial charge in [0.1, 0.15) is 0 Å². The Bertz CT molecular complexity index is 282. The van der Waals surface area contributed by atoms with Crippen molar-refractivity contribution in [2.24, 2.45) is 0 Å². The topological polar surface area (TPSA) is 55.4 Å². The van der Waals surface area contributed by atoms with Crippen molar-refractivity contribution in [1.29, 1.82) is 0 Å². The number of ether oxygens (including phenoxy) is 1. The van der Waals surface area contributed by atoms with Crippen molar-refractivity contribution in [3.63, 3.8) is 0 Å². The number of nitrogens with one attached hydrogen (secondary N) is 1. The molecule has 1 N–H and O–H groups in total. The molecule has 0 saturated heterocycles. The van der Waals surface area contributed by atoms with E-state index in [4.69, 9.17) is 4.74 Å². The summed E-state index contributed by atoms with van der Waals surface area (Å²) in [5.74, 6) is 0.373. The fraction of sp³-hybridized carbons (Fsp3) is 1.00. The van der Waals surface area contributed by atoms with Crippen LogP contribution >= 0.6 is 0 Å². The van der Waals surface area contributed by atoms with Gasteiger partial charge < -0.3 is 10.1 Å². The lowest BCUT2D eigenvalue weighted by atomic mass is 9.93. The maximum absolute atomic E-state index is 11.2. The summed E-state index contributed by atoms with van der Waals surface area (Å²) in [6.45, 7) is 2.03. The molecule has 1 rings (SSSR count). The molecule has 4 nitrogen and oxygen atoms in total. The molecule has 96 valence electrons. The van der Waals surface area contributed by atoms with Crippen LogP contribution in [0.2, 0.25) is 0 Å². The van der Waals surface area contributed by atoms with Crippen LogP contribution in [0.4, 0.5) is 0 Å². The molecule has 0 aliphatic heterocycles. The van der Waals surface area contributed by atoms with Crippen LogP contribution in [0.25, 0.3) is 0 Å². The molecule has 0 heterocycles. The third kappa shape index (κ3) is 4.80. The molecule has 0 unspecified atom stereocenters. The first kappa shape index (κ1) is 13.9. The number of hydrogen-bond donors (Lipinski definition) is 1. The Morgan fingerprint density at radius 1 is 1.25 bits per heavy atom. The number of rotatable bonds is 6. The summed E-state index contributed by atoms with van der Waals surface area (Å²) in [4.78, 5) is 0. The summed E-state index contributed by atoms with van der Waals surface area (Å²) in [5, 5.41) is 3.26. The lowest BCUT2D eigenvalue weighted by molar-refractivity contribution is 0.0321. The minimum Gasteiger partial charge on any atom is -0.377 e. The van der Waals surface area contributed by atoms with E-state index in [0.29, 0.717) is 12.6 Å². The van der Waals surface area contributed by atoms with Gasteiger partial charge >= 0.3 is 0 Å². The van der Waals surface area contributed by atoms with Gasteiger partial charge in [0.15, 0.2) is 9.84 Å². The van der Waals surface area contributed by atoms with E-state index in [9.17, 15) is 8.42 Å². The zero-order valence-corrected chi connectivity index (χ0v) is 11.1. The highest BCUT2D eigenvalue weighted by Gasteiger charge is 2.20. The Kier molecular flexibility index (Phi) is 5.72. The highest BCUT2D eigenvalue weighted by molar-refractivity contribution is 7.91. The number of hydrogen-bond acceptors (Lipinski definition) is 4. The first-order valence-electron chi connectivity index (χ1n) is 6.06. The quantitative estimate of drug-likeness (QED) is 0.762. The van der Waals surface area contributed by atoms with Gasteiger partial charge in [-0.3, -0.25) is 0 Å². The smallest absolute Gasteiger partial charge is 0.152 e. The standard InChI is InChI=1S/C11H23NO3S/c1-3-16(13,14)9-8-15-11-6-4-10(12-2)5-7-11/h10-12H,3-9H2,1-2H3. The van der Waals surface area contributed by atoms with E-state index in [1.807, 2.05) is 7.05 Å². The molecule has 0 aromatic rings. The molecule has 5 heteroatoms. The Hall–Kier alpha value is -0.130. The van der Waals surface area contributed by atoms with E-state index >= 15 is 0 Å². The second kappa shape index (κ2) is 6.57. The van der Waals surface area contributed by atoms with Gasteiger partial charge in [-0.15, -0.1) is 0 Å². The minimum atomic E-state index is -2.87. The lowest BCUT2D eigenvalue weighted by Gasteiger charge is -2.28. The zero-order valence-electron chi connectivity index (χ0n) is 10.2.